The first-order valence-corrected chi connectivity index (χ1v) is 5.79. The maximum Gasteiger partial charge on any atom is 0.178 e. The predicted octanol–water partition coefficient (Wildman–Crippen LogP) is 2.61. The number of anilines is 1. The molecule has 1 saturated carbocycles. The van der Waals surface area contributed by atoms with Crippen molar-refractivity contribution in [2.75, 3.05) is 12.5 Å². The number of benzene rings is 1. The van der Waals surface area contributed by atoms with Gasteiger partial charge in [0.05, 0.1) is 12.8 Å². The molecular weight excluding hydrogens is 216 g/mol. The fourth-order valence-corrected chi connectivity index (χ4v) is 1.78. The van der Waals surface area contributed by atoms with Gasteiger partial charge in [-0.1, -0.05) is 0 Å². The van der Waals surface area contributed by atoms with E-state index < -0.39 is 0 Å². The third-order valence-corrected chi connectivity index (χ3v) is 2.80. The largest absolute Gasteiger partial charge is 0.497 e. The van der Waals surface area contributed by atoms with Gasteiger partial charge in [0.15, 0.2) is 5.78 Å². The lowest BCUT2D eigenvalue weighted by Gasteiger charge is -2.11. The zero-order chi connectivity index (χ0) is 12.1. The van der Waals surface area contributed by atoms with Gasteiger partial charge in [-0.25, -0.2) is 0 Å². The molecule has 0 saturated heterocycles. The Bertz CT molecular complexity index is 424. The quantitative estimate of drug-likeness (QED) is 0.815. The number of methoxy groups -OCH3 is 1. The summed E-state index contributed by atoms with van der Waals surface area (Å²) in [6.45, 7) is 0. The summed E-state index contributed by atoms with van der Waals surface area (Å²) < 4.78 is 5.06. The van der Waals surface area contributed by atoms with Crippen molar-refractivity contribution in [3.8, 4) is 5.75 Å². The molecule has 0 aliphatic heterocycles. The van der Waals surface area contributed by atoms with Gasteiger partial charge < -0.3 is 4.74 Å². The van der Waals surface area contributed by atoms with Crippen LogP contribution in [0.25, 0.3) is 0 Å². The van der Waals surface area contributed by atoms with Crippen molar-refractivity contribution in [2.24, 2.45) is 5.10 Å². The van der Waals surface area contributed by atoms with E-state index in [0.717, 1.165) is 30.7 Å². The van der Waals surface area contributed by atoms with Crippen molar-refractivity contribution >= 4 is 17.2 Å². The highest BCUT2D eigenvalue weighted by atomic mass is 16.5. The molecule has 0 heterocycles. The van der Waals surface area contributed by atoms with Crippen LogP contribution in [0.2, 0.25) is 0 Å². The third kappa shape index (κ3) is 3.06. The van der Waals surface area contributed by atoms with Crippen LogP contribution in [0.4, 0.5) is 5.69 Å². The van der Waals surface area contributed by atoms with Crippen LogP contribution in [0.1, 0.15) is 25.7 Å². The normalized spacial score (nSPS) is 18.2. The van der Waals surface area contributed by atoms with E-state index in [0.29, 0.717) is 12.1 Å². The molecule has 1 aliphatic rings. The Morgan fingerprint density at radius 1 is 1.18 bits per heavy atom. The second-order valence-electron chi connectivity index (χ2n) is 4.03. The van der Waals surface area contributed by atoms with E-state index in [1.807, 2.05) is 24.3 Å². The smallest absolute Gasteiger partial charge is 0.178 e. The first-order valence-electron chi connectivity index (χ1n) is 5.79. The molecule has 1 N–H and O–H groups in total. The molecule has 0 atom stereocenters. The number of hydrogen-bond acceptors (Lipinski definition) is 4. The van der Waals surface area contributed by atoms with Crippen LogP contribution in [-0.4, -0.2) is 18.6 Å². The molecule has 17 heavy (non-hydrogen) atoms. The van der Waals surface area contributed by atoms with Crippen LogP contribution in [-0.2, 0) is 4.79 Å². The molecule has 4 nitrogen and oxygen atoms in total. The molecule has 0 radical (unpaired) electrons. The molecule has 1 aromatic rings. The number of rotatable bonds is 3. The second-order valence-corrected chi connectivity index (χ2v) is 4.03. The first-order chi connectivity index (χ1) is 8.29. The standard InChI is InChI=1S/C13H16N2O2/c1-17-11-8-6-10(7-9-11)14-15-12-4-2-3-5-13(12)16/h6-9,14H,2-5H2,1H3. The van der Waals surface area contributed by atoms with E-state index in [1.54, 1.807) is 7.11 Å². The number of ketones is 1. The lowest BCUT2D eigenvalue weighted by atomic mass is 9.97. The highest BCUT2D eigenvalue weighted by Crippen LogP contribution is 2.16. The zero-order valence-electron chi connectivity index (χ0n) is 9.90. The number of hydrogen-bond donors (Lipinski definition) is 1. The number of Topliss-reactive ketones (excluding diaryl/α,β-unsaturated/α-hetero) is 1. The van der Waals surface area contributed by atoms with E-state index in [9.17, 15) is 4.79 Å². The lowest BCUT2D eigenvalue weighted by Crippen LogP contribution is -2.19. The van der Waals surface area contributed by atoms with Crippen LogP contribution >= 0.6 is 0 Å². The number of ether oxygens (including phenoxy) is 1. The van der Waals surface area contributed by atoms with Crippen LogP contribution < -0.4 is 10.2 Å². The van der Waals surface area contributed by atoms with Crippen LogP contribution in [0, 0.1) is 0 Å². The van der Waals surface area contributed by atoms with Crippen molar-refractivity contribution in [2.45, 2.75) is 25.7 Å². The molecule has 0 spiro atoms. The average Bonchev–Trinajstić information content (AvgIpc) is 2.38. The number of carbonyl (C=O) groups is 1. The summed E-state index contributed by atoms with van der Waals surface area (Å²) in [5.41, 5.74) is 4.43. The predicted molar refractivity (Wildman–Crippen MR) is 67.5 cm³/mol. The van der Waals surface area contributed by atoms with Gasteiger partial charge in [-0.15, -0.1) is 0 Å². The van der Waals surface area contributed by atoms with Gasteiger partial charge in [0.1, 0.15) is 11.5 Å². The summed E-state index contributed by atoms with van der Waals surface area (Å²) in [5.74, 6) is 0.967. The van der Waals surface area contributed by atoms with Gasteiger partial charge in [-0.05, 0) is 43.5 Å². The Morgan fingerprint density at radius 3 is 2.53 bits per heavy atom. The Hall–Kier alpha value is -1.84. The number of nitrogens with one attached hydrogen (secondary N) is 1. The van der Waals surface area contributed by atoms with Crippen molar-refractivity contribution in [1.82, 2.24) is 0 Å². The molecule has 0 amide bonds. The van der Waals surface area contributed by atoms with E-state index in [4.69, 9.17) is 4.74 Å². The summed E-state index contributed by atoms with van der Waals surface area (Å²) in [4.78, 5) is 11.5. The molecule has 90 valence electrons. The van der Waals surface area contributed by atoms with Gasteiger partial charge in [0.25, 0.3) is 0 Å². The maximum atomic E-state index is 11.5. The lowest BCUT2D eigenvalue weighted by molar-refractivity contribution is -0.113. The fourth-order valence-electron chi connectivity index (χ4n) is 1.78. The molecule has 1 aliphatic carbocycles. The summed E-state index contributed by atoms with van der Waals surface area (Å²) in [7, 11) is 1.63. The summed E-state index contributed by atoms with van der Waals surface area (Å²) in [6, 6.07) is 7.45. The van der Waals surface area contributed by atoms with Crippen molar-refractivity contribution in [1.29, 1.82) is 0 Å². The fraction of sp³-hybridized carbons (Fsp3) is 0.385. The summed E-state index contributed by atoms with van der Waals surface area (Å²) in [6.07, 6.45) is 3.44. The average molecular weight is 232 g/mol. The molecule has 1 aromatic carbocycles. The minimum Gasteiger partial charge on any atom is -0.497 e. The Kier molecular flexibility index (Phi) is 3.75. The zero-order valence-corrected chi connectivity index (χ0v) is 9.90. The van der Waals surface area contributed by atoms with Gasteiger partial charge in [0.2, 0.25) is 0 Å². The van der Waals surface area contributed by atoms with Gasteiger partial charge in [0, 0.05) is 6.42 Å². The minimum atomic E-state index is 0.164. The summed E-state index contributed by atoms with van der Waals surface area (Å²) in [5, 5.41) is 4.17. The summed E-state index contributed by atoms with van der Waals surface area (Å²) >= 11 is 0. The molecule has 0 unspecified atom stereocenters. The molecule has 4 heteroatoms. The second kappa shape index (κ2) is 5.48. The van der Waals surface area contributed by atoms with Gasteiger partial charge >= 0.3 is 0 Å². The topological polar surface area (TPSA) is 50.7 Å². The van der Waals surface area contributed by atoms with Crippen molar-refractivity contribution in [3.63, 3.8) is 0 Å². The highest BCUT2D eigenvalue weighted by Gasteiger charge is 2.16. The van der Waals surface area contributed by atoms with E-state index in [2.05, 4.69) is 10.5 Å². The SMILES string of the molecule is COc1ccc(NN=C2CCCCC2=O)cc1. The molecule has 2 rings (SSSR count). The van der Waals surface area contributed by atoms with Crippen LogP contribution in [0.5, 0.6) is 5.75 Å². The molecule has 0 bridgehead atoms. The van der Waals surface area contributed by atoms with Crippen molar-refractivity contribution in [3.05, 3.63) is 24.3 Å². The maximum absolute atomic E-state index is 11.5. The highest BCUT2D eigenvalue weighted by molar-refractivity contribution is 6.40. The molecular formula is C13H16N2O2. The van der Waals surface area contributed by atoms with Crippen molar-refractivity contribution < 1.29 is 9.53 Å². The van der Waals surface area contributed by atoms with E-state index in [-0.39, 0.29) is 5.78 Å². The monoisotopic (exact) mass is 232 g/mol. The van der Waals surface area contributed by atoms with Crippen LogP contribution in [0.15, 0.2) is 29.4 Å². The van der Waals surface area contributed by atoms with Gasteiger partial charge in [-0.3, -0.25) is 10.2 Å². The number of carbonyl (C=O) groups excluding carboxylic acids is 1. The number of hydrazone groups is 1. The minimum absolute atomic E-state index is 0.164. The molecule has 0 aromatic heterocycles. The first kappa shape index (κ1) is 11.6. The van der Waals surface area contributed by atoms with E-state index >= 15 is 0 Å². The Balaban J connectivity index is 2.00. The number of nitrogens with zero attached hydrogens (tertiary/aromatic N) is 1. The van der Waals surface area contributed by atoms with Gasteiger partial charge in [-0.2, -0.15) is 5.10 Å². The Labute approximate surface area is 101 Å². The molecule has 1 fully saturated rings. The Morgan fingerprint density at radius 2 is 1.88 bits per heavy atom. The van der Waals surface area contributed by atoms with Crippen LogP contribution in [0.3, 0.4) is 0 Å². The van der Waals surface area contributed by atoms with E-state index in [1.165, 1.54) is 0 Å². The third-order valence-electron chi connectivity index (χ3n) is 2.80.